The zero-order chi connectivity index (χ0) is 17.9. The Labute approximate surface area is 141 Å². The summed E-state index contributed by atoms with van der Waals surface area (Å²) in [6, 6.07) is 7.91. The molecule has 0 aromatic heterocycles. The first-order valence-electron chi connectivity index (χ1n) is 8.28. The predicted molar refractivity (Wildman–Crippen MR) is 98.0 cm³/mol. The maximum absolute atomic E-state index is 12.8. The third kappa shape index (κ3) is 5.23. The molecule has 1 atom stereocenters. The van der Waals surface area contributed by atoms with Gasteiger partial charge in [0.2, 0.25) is 0 Å². The van der Waals surface area contributed by atoms with Crippen LogP contribution in [0.4, 0.5) is 0 Å². The lowest BCUT2D eigenvalue weighted by Gasteiger charge is -2.43. The number of esters is 1. The van der Waals surface area contributed by atoms with Crippen LogP contribution in [0.25, 0.3) is 6.08 Å². The summed E-state index contributed by atoms with van der Waals surface area (Å²) in [6.45, 7) is 18.9. The van der Waals surface area contributed by atoms with E-state index in [4.69, 9.17) is 4.74 Å². The maximum Gasteiger partial charge on any atom is 0.312 e. The molecule has 0 saturated carbocycles. The molecule has 0 bridgehead atoms. The van der Waals surface area contributed by atoms with Crippen LogP contribution in [0.5, 0.6) is 0 Å². The van der Waals surface area contributed by atoms with Gasteiger partial charge in [-0.05, 0) is 35.3 Å². The smallest absolute Gasteiger partial charge is 0.312 e. The Morgan fingerprint density at radius 3 is 1.96 bits per heavy atom. The molecule has 1 rings (SSSR count). The first kappa shape index (κ1) is 19.5. The Hall–Kier alpha value is -1.57. The Morgan fingerprint density at radius 2 is 1.57 bits per heavy atom. The van der Waals surface area contributed by atoms with Gasteiger partial charge >= 0.3 is 5.97 Å². The Balaban J connectivity index is 2.87. The zero-order valence-electron chi connectivity index (χ0n) is 15.8. The quantitative estimate of drug-likeness (QED) is 0.636. The van der Waals surface area contributed by atoms with Gasteiger partial charge in [-0.3, -0.25) is 4.79 Å². The van der Waals surface area contributed by atoms with Crippen molar-refractivity contribution in [2.24, 2.45) is 16.2 Å². The van der Waals surface area contributed by atoms with Crippen LogP contribution < -0.4 is 0 Å². The Kier molecular flexibility index (Phi) is 5.84. The fourth-order valence-electron chi connectivity index (χ4n) is 2.76. The molecule has 23 heavy (non-hydrogen) atoms. The van der Waals surface area contributed by atoms with Crippen molar-refractivity contribution in [3.05, 3.63) is 42.0 Å². The SMILES string of the molecule is C=Cc1ccc(COC(=O)C(C)(CC(C)(C)C)C(C)(C)C)cc1. The summed E-state index contributed by atoms with van der Waals surface area (Å²) in [5.74, 6) is -0.118. The van der Waals surface area contributed by atoms with Crippen LogP contribution in [0.15, 0.2) is 30.8 Å². The highest BCUT2D eigenvalue weighted by atomic mass is 16.5. The van der Waals surface area contributed by atoms with Crippen molar-refractivity contribution >= 4 is 12.0 Å². The zero-order valence-corrected chi connectivity index (χ0v) is 15.8. The van der Waals surface area contributed by atoms with Gasteiger partial charge < -0.3 is 4.74 Å². The first-order valence-corrected chi connectivity index (χ1v) is 8.28. The van der Waals surface area contributed by atoms with Gasteiger partial charge in [-0.1, -0.05) is 78.5 Å². The number of carbonyl (C=O) groups excluding carboxylic acids is 1. The van der Waals surface area contributed by atoms with Crippen molar-refractivity contribution < 1.29 is 9.53 Å². The van der Waals surface area contributed by atoms with Crippen molar-refractivity contribution in [1.29, 1.82) is 0 Å². The molecule has 0 aliphatic carbocycles. The molecule has 0 aliphatic heterocycles. The van der Waals surface area contributed by atoms with E-state index in [-0.39, 0.29) is 16.8 Å². The summed E-state index contributed by atoms with van der Waals surface area (Å²) in [5, 5.41) is 0. The minimum absolute atomic E-state index is 0.0622. The summed E-state index contributed by atoms with van der Waals surface area (Å²) >= 11 is 0. The highest BCUT2D eigenvalue weighted by Crippen LogP contribution is 2.47. The lowest BCUT2D eigenvalue weighted by Crippen LogP contribution is -2.44. The molecular formula is C21H32O2. The van der Waals surface area contributed by atoms with E-state index in [0.29, 0.717) is 6.61 Å². The van der Waals surface area contributed by atoms with Crippen LogP contribution >= 0.6 is 0 Å². The van der Waals surface area contributed by atoms with Crippen LogP contribution in [0.3, 0.4) is 0 Å². The van der Waals surface area contributed by atoms with E-state index < -0.39 is 5.41 Å². The number of hydrogen-bond acceptors (Lipinski definition) is 2. The summed E-state index contributed by atoms with van der Waals surface area (Å²) in [4.78, 5) is 12.8. The molecule has 0 saturated heterocycles. The molecule has 0 amide bonds. The number of carbonyl (C=O) groups is 1. The molecule has 0 radical (unpaired) electrons. The van der Waals surface area contributed by atoms with Gasteiger partial charge in [0.1, 0.15) is 6.61 Å². The van der Waals surface area contributed by atoms with Crippen LogP contribution in [-0.4, -0.2) is 5.97 Å². The van der Waals surface area contributed by atoms with Crippen molar-refractivity contribution in [3.8, 4) is 0 Å². The molecule has 2 nitrogen and oxygen atoms in total. The second-order valence-electron chi connectivity index (χ2n) is 8.84. The molecule has 0 spiro atoms. The normalized spacial score (nSPS) is 14.9. The summed E-state index contributed by atoms with van der Waals surface area (Å²) in [5.41, 5.74) is 1.44. The number of ether oxygens (including phenoxy) is 1. The fourth-order valence-corrected chi connectivity index (χ4v) is 2.76. The fraction of sp³-hybridized carbons (Fsp3) is 0.571. The topological polar surface area (TPSA) is 26.3 Å². The van der Waals surface area contributed by atoms with Gasteiger partial charge in [-0.15, -0.1) is 0 Å². The summed E-state index contributed by atoms with van der Waals surface area (Å²) < 4.78 is 5.67. The molecule has 0 fully saturated rings. The summed E-state index contributed by atoms with van der Waals surface area (Å²) in [7, 11) is 0. The van der Waals surface area contributed by atoms with Gasteiger partial charge in [0, 0.05) is 0 Å². The molecule has 1 aromatic carbocycles. The molecule has 128 valence electrons. The van der Waals surface area contributed by atoms with Crippen LogP contribution in [0.1, 0.15) is 66.0 Å². The highest BCUT2D eigenvalue weighted by Gasteiger charge is 2.47. The van der Waals surface area contributed by atoms with Crippen molar-refractivity contribution in [1.82, 2.24) is 0 Å². The van der Waals surface area contributed by atoms with Gasteiger partial charge in [0.25, 0.3) is 0 Å². The van der Waals surface area contributed by atoms with E-state index in [1.807, 2.05) is 31.2 Å². The largest absolute Gasteiger partial charge is 0.460 e. The molecule has 0 heterocycles. The van der Waals surface area contributed by atoms with E-state index >= 15 is 0 Å². The van der Waals surface area contributed by atoms with Gasteiger partial charge in [-0.25, -0.2) is 0 Å². The van der Waals surface area contributed by atoms with E-state index in [1.54, 1.807) is 6.08 Å². The van der Waals surface area contributed by atoms with Crippen molar-refractivity contribution in [2.45, 2.75) is 61.5 Å². The second kappa shape index (κ2) is 6.90. The second-order valence-corrected chi connectivity index (χ2v) is 8.84. The first-order chi connectivity index (χ1) is 10.4. The lowest BCUT2D eigenvalue weighted by atomic mass is 9.61. The number of hydrogen-bond donors (Lipinski definition) is 0. The van der Waals surface area contributed by atoms with E-state index in [0.717, 1.165) is 17.5 Å². The molecule has 0 aliphatic rings. The van der Waals surface area contributed by atoms with Crippen LogP contribution in [0.2, 0.25) is 0 Å². The maximum atomic E-state index is 12.8. The third-order valence-electron chi connectivity index (χ3n) is 4.58. The molecule has 1 unspecified atom stereocenters. The molecule has 1 aromatic rings. The molecular weight excluding hydrogens is 284 g/mol. The third-order valence-corrected chi connectivity index (χ3v) is 4.58. The average Bonchev–Trinajstić information content (AvgIpc) is 2.42. The lowest BCUT2D eigenvalue weighted by molar-refractivity contribution is -0.166. The molecule has 2 heteroatoms. The van der Waals surface area contributed by atoms with E-state index in [1.165, 1.54) is 0 Å². The van der Waals surface area contributed by atoms with E-state index in [9.17, 15) is 4.79 Å². The number of benzene rings is 1. The van der Waals surface area contributed by atoms with Crippen molar-refractivity contribution in [2.75, 3.05) is 0 Å². The molecule has 0 N–H and O–H groups in total. The average molecular weight is 316 g/mol. The Morgan fingerprint density at radius 1 is 1.04 bits per heavy atom. The van der Waals surface area contributed by atoms with Crippen molar-refractivity contribution in [3.63, 3.8) is 0 Å². The minimum Gasteiger partial charge on any atom is -0.460 e. The van der Waals surface area contributed by atoms with Gasteiger partial charge in [0.05, 0.1) is 5.41 Å². The standard InChI is InChI=1S/C21H32O2/c1-9-16-10-12-17(13-11-16)14-23-18(22)21(8,20(5,6)7)15-19(2,3)4/h9-13H,1,14-15H2,2-8H3. The van der Waals surface area contributed by atoms with Gasteiger partial charge in [0.15, 0.2) is 0 Å². The summed E-state index contributed by atoms with van der Waals surface area (Å²) in [6.07, 6.45) is 2.59. The van der Waals surface area contributed by atoms with Gasteiger partial charge in [-0.2, -0.15) is 0 Å². The monoisotopic (exact) mass is 316 g/mol. The number of rotatable bonds is 5. The van der Waals surface area contributed by atoms with Crippen LogP contribution in [-0.2, 0) is 16.1 Å². The van der Waals surface area contributed by atoms with Crippen LogP contribution in [0, 0.1) is 16.2 Å². The minimum atomic E-state index is -0.522. The van der Waals surface area contributed by atoms with E-state index in [2.05, 4.69) is 48.1 Å². The predicted octanol–water partition coefficient (Wildman–Crippen LogP) is 5.86. The Bertz CT molecular complexity index is 541. The highest BCUT2D eigenvalue weighted by molar-refractivity contribution is 5.77.